The third-order valence-corrected chi connectivity index (χ3v) is 1.93. The molecule has 0 radical (unpaired) electrons. The van der Waals surface area contributed by atoms with Crippen molar-refractivity contribution < 1.29 is 10.2 Å². The summed E-state index contributed by atoms with van der Waals surface area (Å²) in [4.78, 5) is 0. The molecule has 0 bridgehead atoms. The van der Waals surface area contributed by atoms with Crippen molar-refractivity contribution in [3.05, 3.63) is 35.9 Å². The normalized spacial score (nSPS) is 15.3. The molecule has 72 valence electrons. The van der Waals surface area contributed by atoms with Crippen LogP contribution in [-0.4, -0.2) is 22.4 Å². The topological polar surface area (TPSA) is 40.5 Å². The van der Waals surface area contributed by atoms with Gasteiger partial charge in [0.2, 0.25) is 0 Å². The third-order valence-electron chi connectivity index (χ3n) is 1.93. The van der Waals surface area contributed by atoms with E-state index >= 15 is 0 Å². The van der Waals surface area contributed by atoms with Crippen molar-refractivity contribution in [1.29, 1.82) is 0 Å². The molecule has 0 saturated heterocycles. The lowest BCUT2D eigenvalue weighted by Crippen LogP contribution is -2.17. The SMILES string of the molecule is C[C@@H](O)C[C@@H](O)Cc1ccccc1. The van der Waals surface area contributed by atoms with Crippen LogP contribution in [0.5, 0.6) is 0 Å². The lowest BCUT2D eigenvalue weighted by atomic mass is 10.0. The Hall–Kier alpha value is -0.860. The van der Waals surface area contributed by atoms with Crippen molar-refractivity contribution in [3.63, 3.8) is 0 Å². The minimum atomic E-state index is -0.442. The molecule has 2 heteroatoms. The van der Waals surface area contributed by atoms with Crippen LogP contribution >= 0.6 is 0 Å². The zero-order valence-corrected chi connectivity index (χ0v) is 7.85. The second-order valence-electron chi connectivity index (χ2n) is 3.43. The van der Waals surface area contributed by atoms with Crippen LogP contribution in [0, 0.1) is 0 Å². The maximum absolute atomic E-state index is 9.51. The monoisotopic (exact) mass is 180 g/mol. The quantitative estimate of drug-likeness (QED) is 0.734. The van der Waals surface area contributed by atoms with Gasteiger partial charge in [-0.15, -0.1) is 0 Å². The van der Waals surface area contributed by atoms with E-state index in [9.17, 15) is 5.11 Å². The van der Waals surface area contributed by atoms with Gasteiger partial charge in [-0.3, -0.25) is 0 Å². The number of aliphatic hydroxyl groups is 2. The Bertz CT molecular complexity index is 231. The summed E-state index contributed by atoms with van der Waals surface area (Å²) in [7, 11) is 0. The lowest BCUT2D eigenvalue weighted by Gasteiger charge is -2.11. The van der Waals surface area contributed by atoms with E-state index < -0.39 is 12.2 Å². The summed E-state index contributed by atoms with van der Waals surface area (Å²) in [5.74, 6) is 0. The van der Waals surface area contributed by atoms with Gasteiger partial charge in [0.1, 0.15) is 0 Å². The Morgan fingerprint density at radius 2 is 1.77 bits per heavy atom. The molecule has 0 aromatic heterocycles. The van der Waals surface area contributed by atoms with E-state index in [2.05, 4.69) is 0 Å². The molecule has 0 aliphatic rings. The second-order valence-corrected chi connectivity index (χ2v) is 3.43. The average molecular weight is 180 g/mol. The molecule has 1 aromatic carbocycles. The average Bonchev–Trinajstić information content (AvgIpc) is 2.04. The van der Waals surface area contributed by atoms with Gasteiger partial charge in [0, 0.05) is 0 Å². The van der Waals surface area contributed by atoms with Crippen LogP contribution in [0.15, 0.2) is 30.3 Å². The molecule has 0 saturated carbocycles. The first kappa shape index (κ1) is 10.2. The predicted molar refractivity (Wildman–Crippen MR) is 52.5 cm³/mol. The van der Waals surface area contributed by atoms with Gasteiger partial charge in [-0.1, -0.05) is 30.3 Å². The highest BCUT2D eigenvalue weighted by Crippen LogP contribution is 2.07. The lowest BCUT2D eigenvalue weighted by molar-refractivity contribution is 0.0909. The molecular weight excluding hydrogens is 164 g/mol. The van der Waals surface area contributed by atoms with Gasteiger partial charge in [-0.2, -0.15) is 0 Å². The molecule has 0 heterocycles. The summed E-state index contributed by atoms with van der Waals surface area (Å²) in [5, 5.41) is 18.6. The minimum Gasteiger partial charge on any atom is -0.393 e. The zero-order valence-electron chi connectivity index (χ0n) is 7.85. The fourth-order valence-electron chi connectivity index (χ4n) is 1.36. The molecule has 0 amide bonds. The highest BCUT2D eigenvalue weighted by atomic mass is 16.3. The first-order chi connectivity index (χ1) is 6.18. The van der Waals surface area contributed by atoms with Gasteiger partial charge in [0.15, 0.2) is 0 Å². The van der Waals surface area contributed by atoms with E-state index in [1.807, 2.05) is 30.3 Å². The molecule has 2 nitrogen and oxygen atoms in total. The Morgan fingerprint density at radius 3 is 2.31 bits per heavy atom. The molecule has 1 aromatic rings. The fourth-order valence-corrected chi connectivity index (χ4v) is 1.36. The van der Waals surface area contributed by atoms with E-state index in [1.165, 1.54) is 0 Å². The van der Waals surface area contributed by atoms with E-state index in [0.717, 1.165) is 5.56 Å². The maximum atomic E-state index is 9.51. The summed E-state index contributed by atoms with van der Waals surface area (Å²) in [6, 6.07) is 9.80. The Morgan fingerprint density at radius 1 is 1.15 bits per heavy atom. The first-order valence-electron chi connectivity index (χ1n) is 4.58. The summed E-state index contributed by atoms with van der Waals surface area (Å²) in [5.41, 5.74) is 1.11. The molecule has 2 N–H and O–H groups in total. The van der Waals surface area contributed by atoms with Crippen LogP contribution < -0.4 is 0 Å². The number of benzene rings is 1. The van der Waals surface area contributed by atoms with E-state index in [-0.39, 0.29) is 0 Å². The molecule has 0 fully saturated rings. The fraction of sp³-hybridized carbons (Fsp3) is 0.455. The van der Waals surface area contributed by atoms with Crippen molar-refractivity contribution in [2.75, 3.05) is 0 Å². The molecule has 0 spiro atoms. The molecule has 0 aliphatic heterocycles. The van der Waals surface area contributed by atoms with Gasteiger partial charge in [-0.05, 0) is 25.3 Å². The summed E-state index contributed by atoms with van der Waals surface area (Å²) in [6.07, 6.45) is 0.182. The van der Waals surface area contributed by atoms with Gasteiger partial charge >= 0.3 is 0 Å². The zero-order chi connectivity index (χ0) is 9.68. The predicted octanol–water partition coefficient (Wildman–Crippen LogP) is 1.36. The van der Waals surface area contributed by atoms with Crippen molar-refractivity contribution in [2.24, 2.45) is 0 Å². The molecule has 13 heavy (non-hydrogen) atoms. The van der Waals surface area contributed by atoms with Crippen LogP contribution in [0.3, 0.4) is 0 Å². The second kappa shape index (κ2) is 5.00. The van der Waals surface area contributed by atoms with Crippen LogP contribution in [-0.2, 0) is 6.42 Å². The summed E-state index contributed by atoms with van der Waals surface area (Å²) >= 11 is 0. The Kier molecular flexibility index (Phi) is 3.93. The standard InChI is InChI=1S/C11H16O2/c1-9(12)7-11(13)8-10-5-3-2-4-6-10/h2-6,9,11-13H,7-8H2,1H3/t9-,11-/m1/s1. The number of rotatable bonds is 4. The Balaban J connectivity index is 2.41. The molecule has 0 aliphatic carbocycles. The van der Waals surface area contributed by atoms with Crippen molar-refractivity contribution in [1.82, 2.24) is 0 Å². The Labute approximate surface area is 78.8 Å². The van der Waals surface area contributed by atoms with Gasteiger partial charge in [0.05, 0.1) is 12.2 Å². The largest absolute Gasteiger partial charge is 0.393 e. The van der Waals surface area contributed by atoms with Crippen molar-refractivity contribution in [3.8, 4) is 0 Å². The maximum Gasteiger partial charge on any atom is 0.0605 e. The van der Waals surface area contributed by atoms with Crippen molar-refractivity contribution in [2.45, 2.75) is 32.0 Å². The summed E-state index contributed by atoms with van der Waals surface area (Å²) < 4.78 is 0. The van der Waals surface area contributed by atoms with Crippen LogP contribution in [0.2, 0.25) is 0 Å². The van der Waals surface area contributed by atoms with E-state index in [0.29, 0.717) is 12.8 Å². The third kappa shape index (κ3) is 4.06. The minimum absolute atomic E-state index is 0.432. The highest BCUT2D eigenvalue weighted by molar-refractivity contribution is 5.15. The molecule has 0 unspecified atom stereocenters. The van der Waals surface area contributed by atoms with Gasteiger partial charge in [-0.25, -0.2) is 0 Å². The smallest absolute Gasteiger partial charge is 0.0605 e. The number of hydrogen-bond donors (Lipinski definition) is 2. The summed E-state index contributed by atoms with van der Waals surface area (Å²) in [6.45, 7) is 1.69. The van der Waals surface area contributed by atoms with Crippen LogP contribution in [0.4, 0.5) is 0 Å². The van der Waals surface area contributed by atoms with E-state index in [4.69, 9.17) is 5.11 Å². The highest BCUT2D eigenvalue weighted by Gasteiger charge is 2.08. The van der Waals surface area contributed by atoms with Gasteiger partial charge < -0.3 is 10.2 Å². The van der Waals surface area contributed by atoms with Crippen LogP contribution in [0.25, 0.3) is 0 Å². The number of hydrogen-bond acceptors (Lipinski definition) is 2. The van der Waals surface area contributed by atoms with Crippen molar-refractivity contribution >= 4 is 0 Å². The van der Waals surface area contributed by atoms with Crippen LogP contribution in [0.1, 0.15) is 18.9 Å². The first-order valence-corrected chi connectivity index (χ1v) is 4.58. The van der Waals surface area contributed by atoms with Gasteiger partial charge in [0.25, 0.3) is 0 Å². The molecular formula is C11H16O2. The number of aliphatic hydroxyl groups excluding tert-OH is 2. The molecule has 2 atom stereocenters. The van der Waals surface area contributed by atoms with E-state index in [1.54, 1.807) is 6.92 Å². The molecule has 1 rings (SSSR count).